The number of hydrogen-bond donors (Lipinski definition) is 2. The molecule has 5 aromatic rings. The number of benzene rings is 3. The summed E-state index contributed by atoms with van der Waals surface area (Å²) in [7, 11) is 0. The van der Waals surface area contributed by atoms with Crippen LogP contribution in [0.1, 0.15) is 21.5 Å². The summed E-state index contributed by atoms with van der Waals surface area (Å²) in [6, 6.07) is 16.6. The number of fused-ring (bicyclic) bond motifs is 1. The fraction of sp³-hybridized carbons (Fsp3) is 0.111. The number of hydrogen-bond acceptors (Lipinski definition) is 5. The van der Waals surface area contributed by atoms with Gasteiger partial charge in [-0.15, -0.1) is 0 Å². The van der Waals surface area contributed by atoms with Gasteiger partial charge in [-0.05, 0) is 54.4 Å². The number of halogens is 4. The molecule has 192 valence electrons. The maximum atomic E-state index is 15.0. The maximum Gasteiger partial charge on any atom is 0.417 e. The quantitative estimate of drug-likeness (QED) is 0.291. The van der Waals surface area contributed by atoms with Crippen LogP contribution in [0.2, 0.25) is 0 Å². The Balaban J connectivity index is 1.64. The van der Waals surface area contributed by atoms with Gasteiger partial charge in [-0.1, -0.05) is 24.3 Å². The van der Waals surface area contributed by atoms with Crippen molar-refractivity contribution in [1.82, 2.24) is 19.7 Å². The molecule has 0 unspecified atom stereocenters. The molecule has 0 saturated heterocycles. The Morgan fingerprint density at radius 1 is 0.974 bits per heavy atom. The molecule has 2 N–H and O–H groups in total. The Morgan fingerprint density at radius 3 is 2.39 bits per heavy atom. The topological polar surface area (TPSA) is 92.9 Å². The molecule has 0 radical (unpaired) electrons. The number of nitrogens with one attached hydrogen (secondary N) is 1. The van der Waals surface area contributed by atoms with Crippen molar-refractivity contribution >= 4 is 22.6 Å². The van der Waals surface area contributed by atoms with Crippen molar-refractivity contribution in [2.24, 2.45) is 0 Å². The molecule has 11 heteroatoms. The van der Waals surface area contributed by atoms with Crippen LogP contribution in [0.25, 0.3) is 28.0 Å². The van der Waals surface area contributed by atoms with E-state index < -0.39 is 34.6 Å². The SMILES string of the molecule is O=C(Nc1c2cc(CCO)ccc2nn1-c1ccccc1)c1cc(-c2ncccn2)c(C(F)(F)F)cc1F. The molecule has 0 saturated carbocycles. The van der Waals surface area contributed by atoms with Crippen molar-refractivity contribution in [3.63, 3.8) is 0 Å². The van der Waals surface area contributed by atoms with Crippen LogP contribution < -0.4 is 5.32 Å². The summed E-state index contributed by atoms with van der Waals surface area (Å²) in [5.41, 5.74) is -0.582. The van der Waals surface area contributed by atoms with E-state index in [-0.39, 0.29) is 24.3 Å². The second kappa shape index (κ2) is 10.0. The number of alkyl halides is 3. The van der Waals surface area contributed by atoms with Crippen molar-refractivity contribution in [2.45, 2.75) is 12.6 Å². The average Bonchev–Trinajstić information content (AvgIpc) is 3.26. The molecular weight excluding hydrogens is 502 g/mol. The largest absolute Gasteiger partial charge is 0.417 e. The number of nitrogens with zero attached hydrogens (tertiary/aromatic N) is 4. The molecule has 7 nitrogen and oxygen atoms in total. The number of amides is 1. The summed E-state index contributed by atoms with van der Waals surface area (Å²) in [6.07, 6.45) is -2.05. The molecule has 0 aliphatic rings. The van der Waals surface area contributed by atoms with E-state index in [0.717, 1.165) is 11.6 Å². The van der Waals surface area contributed by atoms with Gasteiger partial charge in [-0.25, -0.2) is 19.0 Å². The van der Waals surface area contributed by atoms with Crippen molar-refractivity contribution in [2.75, 3.05) is 11.9 Å². The first-order valence-electron chi connectivity index (χ1n) is 11.4. The van der Waals surface area contributed by atoms with E-state index in [1.165, 1.54) is 23.1 Å². The summed E-state index contributed by atoms with van der Waals surface area (Å²) in [4.78, 5) is 21.1. The number of aromatic nitrogens is 4. The van der Waals surface area contributed by atoms with Crippen LogP contribution in [0.5, 0.6) is 0 Å². The lowest BCUT2D eigenvalue weighted by Crippen LogP contribution is -2.18. The third kappa shape index (κ3) is 4.83. The van der Waals surface area contributed by atoms with Gasteiger partial charge >= 0.3 is 6.18 Å². The normalized spacial score (nSPS) is 11.6. The molecule has 3 aromatic carbocycles. The number of carbonyl (C=O) groups is 1. The van der Waals surface area contributed by atoms with Crippen LogP contribution in [0.4, 0.5) is 23.4 Å². The molecular formula is C27H19F4N5O2. The molecule has 0 bridgehead atoms. The lowest BCUT2D eigenvalue weighted by Gasteiger charge is -2.15. The fourth-order valence-corrected chi connectivity index (χ4v) is 4.07. The minimum absolute atomic E-state index is 0.0961. The standard InChI is InChI=1S/C27H19F4N5O2/c28-22-15-21(27(29,30)31)18(24-32-10-4-11-33-24)14-19(22)26(38)34-25-20-13-16(9-12-37)7-8-23(20)35-36(25)17-5-2-1-3-6-17/h1-8,10-11,13-15,37H,9,12H2,(H,34,38). The van der Waals surface area contributed by atoms with E-state index in [0.29, 0.717) is 23.0 Å². The van der Waals surface area contributed by atoms with E-state index in [2.05, 4.69) is 20.4 Å². The third-order valence-electron chi connectivity index (χ3n) is 5.83. The molecule has 0 aliphatic carbocycles. The second-order valence-corrected chi connectivity index (χ2v) is 8.32. The van der Waals surface area contributed by atoms with Gasteiger partial charge in [-0.2, -0.15) is 18.3 Å². The molecule has 38 heavy (non-hydrogen) atoms. The van der Waals surface area contributed by atoms with Crippen molar-refractivity contribution < 1.29 is 27.5 Å². The Morgan fingerprint density at radius 2 is 1.71 bits per heavy atom. The van der Waals surface area contributed by atoms with Crippen LogP contribution >= 0.6 is 0 Å². The number of carbonyl (C=O) groups excluding carboxylic acids is 1. The number of para-hydroxylation sites is 1. The summed E-state index contributed by atoms with van der Waals surface area (Å²) in [6.45, 7) is -0.0961. The molecule has 0 atom stereocenters. The molecule has 0 aliphatic heterocycles. The van der Waals surface area contributed by atoms with Crippen LogP contribution in [0.3, 0.4) is 0 Å². The van der Waals surface area contributed by atoms with Crippen molar-refractivity contribution in [1.29, 1.82) is 0 Å². The highest BCUT2D eigenvalue weighted by molar-refractivity contribution is 6.09. The molecule has 1 amide bonds. The Hall–Kier alpha value is -4.64. The fourth-order valence-electron chi connectivity index (χ4n) is 4.07. The average molecular weight is 521 g/mol. The van der Waals surface area contributed by atoms with E-state index in [9.17, 15) is 23.1 Å². The zero-order chi connectivity index (χ0) is 26.9. The first kappa shape index (κ1) is 25.0. The first-order valence-corrected chi connectivity index (χ1v) is 11.4. The third-order valence-corrected chi connectivity index (χ3v) is 5.83. The van der Waals surface area contributed by atoms with E-state index in [1.807, 2.05) is 0 Å². The van der Waals surface area contributed by atoms with Crippen LogP contribution in [-0.2, 0) is 12.6 Å². The predicted octanol–water partition coefficient (Wildman–Crippen LogP) is 5.43. The Labute approximate surface area is 213 Å². The number of aliphatic hydroxyl groups is 1. The summed E-state index contributed by atoms with van der Waals surface area (Å²) < 4.78 is 57.6. The smallest absolute Gasteiger partial charge is 0.396 e. The number of anilines is 1. The minimum Gasteiger partial charge on any atom is -0.396 e. The zero-order valence-electron chi connectivity index (χ0n) is 19.6. The number of rotatable bonds is 6. The van der Waals surface area contributed by atoms with Gasteiger partial charge in [0.2, 0.25) is 0 Å². The van der Waals surface area contributed by atoms with Gasteiger partial charge in [0.05, 0.1) is 22.3 Å². The maximum absolute atomic E-state index is 15.0. The van der Waals surface area contributed by atoms with Crippen molar-refractivity contribution in [3.05, 3.63) is 102 Å². The van der Waals surface area contributed by atoms with Crippen LogP contribution in [-0.4, -0.2) is 37.4 Å². The lowest BCUT2D eigenvalue weighted by molar-refractivity contribution is -0.137. The van der Waals surface area contributed by atoms with E-state index >= 15 is 4.39 Å². The minimum atomic E-state index is -4.91. The summed E-state index contributed by atoms with van der Waals surface area (Å²) >= 11 is 0. The van der Waals surface area contributed by atoms with Gasteiger partial charge in [0, 0.05) is 30.0 Å². The Bertz CT molecular complexity index is 1620. The highest BCUT2D eigenvalue weighted by atomic mass is 19.4. The monoisotopic (exact) mass is 521 g/mol. The molecule has 2 aromatic heterocycles. The van der Waals surface area contributed by atoms with Gasteiger partial charge in [-0.3, -0.25) is 4.79 Å². The van der Waals surface area contributed by atoms with E-state index in [1.54, 1.807) is 48.5 Å². The summed E-state index contributed by atoms with van der Waals surface area (Å²) in [5.74, 6) is -2.46. The second-order valence-electron chi connectivity index (χ2n) is 8.32. The van der Waals surface area contributed by atoms with Gasteiger partial charge in [0.25, 0.3) is 5.91 Å². The van der Waals surface area contributed by atoms with Crippen LogP contribution in [0.15, 0.2) is 79.1 Å². The molecule has 0 fully saturated rings. The van der Waals surface area contributed by atoms with Crippen molar-refractivity contribution in [3.8, 4) is 17.1 Å². The Kier molecular flexibility index (Phi) is 6.60. The molecule has 5 rings (SSSR count). The van der Waals surface area contributed by atoms with Gasteiger partial charge < -0.3 is 10.4 Å². The van der Waals surface area contributed by atoms with Crippen LogP contribution in [0, 0.1) is 5.82 Å². The van der Waals surface area contributed by atoms with Gasteiger partial charge in [0.1, 0.15) is 11.6 Å². The lowest BCUT2D eigenvalue weighted by atomic mass is 10.0. The summed E-state index contributed by atoms with van der Waals surface area (Å²) in [5, 5.41) is 17.0. The highest BCUT2D eigenvalue weighted by Crippen LogP contribution is 2.38. The van der Waals surface area contributed by atoms with E-state index in [4.69, 9.17) is 0 Å². The predicted molar refractivity (Wildman–Crippen MR) is 132 cm³/mol. The van der Waals surface area contributed by atoms with Gasteiger partial charge in [0.15, 0.2) is 5.82 Å². The molecule has 0 spiro atoms. The highest BCUT2D eigenvalue weighted by Gasteiger charge is 2.36. The zero-order valence-corrected chi connectivity index (χ0v) is 19.6. The number of aliphatic hydroxyl groups excluding tert-OH is 1. The first-order chi connectivity index (χ1) is 18.3. The molecule has 2 heterocycles.